The lowest BCUT2D eigenvalue weighted by Crippen LogP contribution is -1.95. The van der Waals surface area contributed by atoms with E-state index < -0.39 is 5.97 Å². The lowest BCUT2D eigenvalue weighted by Gasteiger charge is -2.05. The SMILES string of the molecule is N#CC(C#N)=CNc1ccc(OCc2ccc(C(=O)O)o2)cc1. The first kappa shape index (κ1) is 15.7. The zero-order valence-corrected chi connectivity index (χ0v) is 11.8. The van der Waals surface area contributed by atoms with Crippen molar-refractivity contribution >= 4 is 11.7 Å². The van der Waals surface area contributed by atoms with Crippen molar-refractivity contribution in [2.75, 3.05) is 5.32 Å². The molecule has 2 aromatic rings. The first-order valence-corrected chi connectivity index (χ1v) is 6.44. The van der Waals surface area contributed by atoms with Gasteiger partial charge in [-0.15, -0.1) is 0 Å². The molecule has 0 atom stereocenters. The summed E-state index contributed by atoms with van der Waals surface area (Å²) in [4.78, 5) is 10.7. The van der Waals surface area contributed by atoms with Crippen LogP contribution in [0.25, 0.3) is 0 Å². The standard InChI is InChI=1S/C16H11N3O4/c17-7-11(8-18)9-19-12-1-3-13(4-2-12)22-10-14-5-6-15(23-14)16(20)21/h1-6,9,19H,10H2,(H,20,21). The van der Waals surface area contributed by atoms with Gasteiger partial charge < -0.3 is 19.6 Å². The van der Waals surface area contributed by atoms with E-state index >= 15 is 0 Å². The second-order valence-electron chi connectivity index (χ2n) is 4.31. The minimum Gasteiger partial charge on any atom is -0.486 e. The summed E-state index contributed by atoms with van der Waals surface area (Å²) in [6, 6.07) is 13.2. The smallest absolute Gasteiger partial charge is 0.371 e. The van der Waals surface area contributed by atoms with Crippen LogP contribution in [0.3, 0.4) is 0 Å². The zero-order chi connectivity index (χ0) is 16.7. The molecule has 23 heavy (non-hydrogen) atoms. The molecule has 7 nitrogen and oxygen atoms in total. The van der Waals surface area contributed by atoms with Gasteiger partial charge in [0.1, 0.15) is 35.8 Å². The number of ether oxygens (including phenoxy) is 1. The fraction of sp³-hybridized carbons (Fsp3) is 0.0625. The van der Waals surface area contributed by atoms with E-state index in [0.29, 0.717) is 17.2 Å². The Labute approximate surface area is 131 Å². The second kappa shape index (κ2) is 7.34. The molecule has 0 amide bonds. The normalized spacial score (nSPS) is 9.30. The van der Waals surface area contributed by atoms with Crippen LogP contribution in [-0.4, -0.2) is 11.1 Å². The largest absolute Gasteiger partial charge is 0.486 e. The average Bonchev–Trinajstić information content (AvgIpc) is 3.04. The number of allylic oxidation sites excluding steroid dienone is 1. The summed E-state index contributed by atoms with van der Waals surface area (Å²) in [7, 11) is 0. The molecular weight excluding hydrogens is 298 g/mol. The van der Waals surface area contributed by atoms with E-state index in [1.807, 2.05) is 0 Å². The number of hydrogen-bond donors (Lipinski definition) is 2. The molecule has 0 aliphatic heterocycles. The van der Waals surface area contributed by atoms with Crippen LogP contribution in [0.4, 0.5) is 5.69 Å². The Balaban J connectivity index is 1.92. The molecule has 1 aromatic heterocycles. The van der Waals surface area contributed by atoms with Crippen molar-refractivity contribution < 1.29 is 19.1 Å². The third-order valence-electron chi connectivity index (χ3n) is 2.73. The van der Waals surface area contributed by atoms with E-state index in [0.717, 1.165) is 0 Å². The number of rotatable bonds is 6. The fourth-order valence-electron chi connectivity index (χ4n) is 1.62. The van der Waals surface area contributed by atoms with Gasteiger partial charge in [0.15, 0.2) is 0 Å². The van der Waals surface area contributed by atoms with Gasteiger partial charge in [-0.05, 0) is 36.4 Å². The molecule has 0 saturated heterocycles. The summed E-state index contributed by atoms with van der Waals surface area (Å²) >= 11 is 0. The van der Waals surface area contributed by atoms with E-state index in [4.69, 9.17) is 24.8 Å². The number of carbonyl (C=O) groups is 1. The van der Waals surface area contributed by atoms with Crippen molar-refractivity contribution in [1.82, 2.24) is 0 Å². The van der Waals surface area contributed by atoms with Gasteiger partial charge in [0.05, 0.1) is 0 Å². The maximum atomic E-state index is 10.7. The van der Waals surface area contributed by atoms with Gasteiger partial charge in [0.2, 0.25) is 5.76 Å². The predicted octanol–water partition coefficient (Wildman–Crippen LogP) is 2.90. The molecule has 0 aliphatic carbocycles. The number of benzene rings is 1. The number of nitrogens with zero attached hydrogens (tertiary/aromatic N) is 2. The van der Waals surface area contributed by atoms with Gasteiger partial charge in [-0.25, -0.2) is 4.79 Å². The molecule has 0 unspecified atom stereocenters. The molecular formula is C16H11N3O4. The van der Waals surface area contributed by atoms with Gasteiger partial charge in [-0.2, -0.15) is 10.5 Å². The summed E-state index contributed by atoms with van der Waals surface area (Å²) in [5.74, 6) is -0.302. The molecule has 0 spiro atoms. The molecule has 1 aromatic carbocycles. The minimum atomic E-state index is -1.13. The van der Waals surface area contributed by atoms with E-state index in [1.165, 1.54) is 18.3 Å². The van der Waals surface area contributed by atoms with Crippen LogP contribution in [-0.2, 0) is 6.61 Å². The van der Waals surface area contributed by atoms with Crippen molar-refractivity contribution in [2.45, 2.75) is 6.61 Å². The number of anilines is 1. The van der Waals surface area contributed by atoms with Crippen LogP contribution in [0.1, 0.15) is 16.3 Å². The van der Waals surface area contributed by atoms with Gasteiger partial charge in [0, 0.05) is 11.9 Å². The average molecular weight is 309 g/mol. The van der Waals surface area contributed by atoms with Gasteiger partial charge in [-0.1, -0.05) is 0 Å². The highest BCUT2D eigenvalue weighted by Crippen LogP contribution is 2.18. The number of nitrogens with one attached hydrogen (secondary N) is 1. The Morgan fingerprint density at radius 2 is 1.91 bits per heavy atom. The van der Waals surface area contributed by atoms with Crippen molar-refractivity contribution in [3.63, 3.8) is 0 Å². The third kappa shape index (κ3) is 4.38. The van der Waals surface area contributed by atoms with Crippen LogP contribution < -0.4 is 10.1 Å². The Hall–Kier alpha value is -3.71. The molecule has 2 N–H and O–H groups in total. The predicted molar refractivity (Wildman–Crippen MR) is 79.4 cm³/mol. The topological polar surface area (TPSA) is 119 Å². The van der Waals surface area contributed by atoms with Crippen LogP contribution in [0.5, 0.6) is 5.75 Å². The number of hydrogen-bond acceptors (Lipinski definition) is 6. The van der Waals surface area contributed by atoms with Gasteiger partial charge in [0.25, 0.3) is 0 Å². The van der Waals surface area contributed by atoms with Crippen molar-refractivity contribution in [3.8, 4) is 17.9 Å². The van der Waals surface area contributed by atoms with Crippen LogP contribution in [0.15, 0.2) is 52.6 Å². The summed E-state index contributed by atoms with van der Waals surface area (Å²) in [5.41, 5.74) is 0.656. The summed E-state index contributed by atoms with van der Waals surface area (Å²) in [6.07, 6.45) is 1.31. The van der Waals surface area contributed by atoms with Crippen molar-refractivity contribution in [3.05, 3.63) is 59.7 Å². The fourth-order valence-corrected chi connectivity index (χ4v) is 1.62. The highest BCUT2D eigenvalue weighted by molar-refractivity contribution is 5.84. The highest BCUT2D eigenvalue weighted by Gasteiger charge is 2.09. The Morgan fingerprint density at radius 3 is 2.48 bits per heavy atom. The van der Waals surface area contributed by atoms with Crippen LogP contribution >= 0.6 is 0 Å². The molecule has 0 radical (unpaired) electrons. The van der Waals surface area contributed by atoms with Gasteiger partial charge in [-0.3, -0.25) is 0 Å². The molecule has 0 bridgehead atoms. The number of nitriles is 2. The minimum absolute atomic E-state index is 0.0302. The molecule has 0 saturated carbocycles. The first-order valence-electron chi connectivity index (χ1n) is 6.44. The Morgan fingerprint density at radius 1 is 1.22 bits per heavy atom. The maximum Gasteiger partial charge on any atom is 0.371 e. The van der Waals surface area contributed by atoms with Gasteiger partial charge >= 0.3 is 5.97 Å². The third-order valence-corrected chi connectivity index (χ3v) is 2.73. The summed E-state index contributed by atoms with van der Waals surface area (Å²) < 4.78 is 10.5. The lowest BCUT2D eigenvalue weighted by molar-refractivity contribution is 0.0658. The van der Waals surface area contributed by atoms with E-state index in [-0.39, 0.29) is 17.9 Å². The number of carboxylic acid groups (broad SMARTS) is 1. The van der Waals surface area contributed by atoms with E-state index in [1.54, 1.807) is 36.4 Å². The highest BCUT2D eigenvalue weighted by atomic mass is 16.5. The molecule has 2 rings (SSSR count). The first-order chi connectivity index (χ1) is 11.1. The molecule has 7 heteroatoms. The quantitative estimate of drug-likeness (QED) is 0.787. The summed E-state index contributed by atoms with van der Waals surface area (Å²) in [6.45, 7) is 0.104. The van der Waals surface area contributed by atoms with Crippen LogP contribution in [0, 0.1) is 22.7 Å². The Kier molecular flexibility index (Phi) is 5.00. The molecule has 0 fully saturated rings. The monoisotopic (exact) mass is 309 g/mol. The lowest BCUT2D eigenvalue weighted by atomic mass is 10.3. The van der Waals surface area contributed by atoms with Crippen LogP contribution in [0.2, 0.25) is 0 Å². The van der Waals surface area contributed by atoms with E-state index in [2.05, 4.69) is 5.32 Å². The van der Waals surface area contributed by atoms with Crippen molar-refractivity contribution in [1.29, 1.82) is 10.5 Å². The number of carboxylic acids is 1. The number of aromatic carboxylic acids is 1. The molecule has 114 valence electrons. The number of furan rings is 1. The van der Waals surface area contributed by atoms with Crippen molar-refractivity contribution in [2.24, 2.45) is 0 Å². The maximum absolute atomic E-state index is 10.7. The zero-order valence-electron chi connectivity index (χ0n) is 11.8. The second-order valence-corrected chi connectivity index (χ2v) is 4.31. The van der Waals surface area contributed by atoms with E-state index in [9.17, 15) is 4.79 Å². The summed E-state index contributed by atoms with van der Waals surface area (Å²) in [5, 5.41) is 28.8. The molecule has 1 heterocycles. The Bertz CT molecular complexity index is 791. The molecule has 0 aliphatic rings.